The van der Waals surface area contributed by atoms with Crippen LogP contribution in [0.2, 0.25) is 0 Å². The first-order valence-corrected chi connectivity index (χ1v) is 4.49. The van der Waals surface area contributed by atoms with Gasteiger partial charge in [0.1, 0.15) is 0 Å². The lowest BCUT2D eigenvalue weighted by Crippen LogP contribution is -2.27. The van der Waals surface area contributed by atoms with Gasteiger partial charge in [-0.3, -0.25) is 4.79 Å². The minimum Gasteiger partial charge on any atom is -0.266 e. The molecule has 0 saturated carbocycles. The van der Waals surface area contributed by atoms with E-state index in [1.807, 2.05) is 0 Å². The summed E-state index contributed by atoms with van der Waals surface area (Å²) in [6.45, 7) is 0. The van der Waals surface area contributed by atoms with Gasteiger partial charge in [0.25, 0.3) is 0 Å². The highest BCUT2D eigenvalue weighted by molar-refractivity contribution is 14.1. The molecule has 0 aromatic heterocycles. The van der Waals surface area contributed by atoms with Crippen molar-refractivity contribution >= 4 is 34.5 Å². The minimum atomic E-state index is -3.36. The summed E-state index contributed by atoms with van der Waals surface area (Å²) in [5.74, 6) is -4.54. The third kappa shape index (κ3) is 1.06. The van der Waals surface area contributed by atoms with Gasteiger partial charge < -0.3 is 0 Å². The minimum absolute atomic E-state index is 0.214. The highest BCUT2D eigenvalue weighted by Gasteiger charge is 2.52. The molecule has 1 aliphatic rings. The molecule has 5 heteroatoms. The maximum atomic E-state index is 13.2. The van der Waals surface area contributed by atoms with Gasteiger partial charge in [0.05, 0.1) is 34.1 Å². The van der Waals surface area contributed by atoms with E-state index in [1.165, 1.54) is 18.2 Å². The molecule has 1 amide bonds. The first-order chi connectivity index (χ1) is 6.05. The molecular weight excluding hydrogens is 291 g/mol. The highest BCUT2D eigenvalue weighted by atomic mass is 127. The lowest BCUT2D eigenvalue weighted by molar-refractivity contribution is -0.140. The van der Waals surface area contributed by atoms with Crippen LogP contribution >= 0.6 is 22.9 Å². The van der Waals surface area contributed by atoms with Crippen LogP contribution in [0.1, 0.15) is 5.56 Å². The van der Waals surface area contributed by atoms with E-state index in [0.29, 0.717) is 0 Å². The summed E-state index contributed by atoms with van der Waals surface area (Å²) >= 11 is 1.58. The van der Waals surface area contributed by atoms with E-state index in [1.54, 1.807) is 28.9 Å². The molecule has 13 heavy (non-hydrogen) atoms. The van der Waals surface area contributed by atoms with Crippen LogP contribution in [0.3, 0.4) is 0 Å². The van der Waals surface area contributed by atoms with Gasteiger partial charge in [-0.15, -0.1) is 0 Å². The van der Waals surface area contributed by atoms with Gasteiger partial charge in [-0.05, 0) is 6.07 Å². The molecule has 0 atom stereocenters. The summed E-state index contributed by atoms with van der Waals surface area (Å²) in [6.07, 6.45) is 0. The van der Waals surface area contributed by atoms with Crippen LogP contribution in [0.25, 0.3) is 0 Å². The molecule has 0 unspecified atom stereocenters. The number of hydrogen-bond donors (Lipinski definition) is 0. The largest absolute Gasteiger partial charge is 0.353 e. The molecule has 2 nitrogen and oxygen atoms in total. The van der Waals surface area contributed by atoms with Gasteiger partial charge in [-0.2, -0.15) is 8.78 Å². The lowest BCUT2D eigenvalue weighted by Gasteiger charge is -2.06. The van der Waals surface area contributed by atoms with Gasteiger partial charge in [-0.25, -0.2) is 3.11 Å². The van der Waals surface area contributed by atoms with E-state index in [4.69, 9.17) is 0 Å². The Kier molecular flexibility index (Phi) is 1.79. The van der Waals surface area contributed by atoms with E-state index < -0.39 is 11.8 Å². The Morgan fingerprint density at radius 3 is 2.54 bits per heavy atom. The van der Waals surface area contributed by atoms with Crippen molar-refractivity contribution in [3.05, 3.63) is 29.8 Å². The van der Waals surface area contributed by atoms with Gasteiger partial charge in [0.15, 0.2) is 0 Å². The van der Waals surface area contributed by atoms with E-state index in [2.05, 4.69) is 0 Å². The summed E-state index contributed by atoms with van der Waals surface area (Å²) in [5, 5.41) is 0. The van der Waals surface area contributed by atoms with Crippen LogP contribution in [-0.2, 0) is 10.7 Å². The summed E-state index contributed by atoms with van der Waals surface area (Å²) < 4.78 is 27.3. The molecule has 1 aromatic rings. The van der Waals surface area contributed by atoms with Crippen molar-refractivity contribution in [2.75, 3.05) is 3.11 Å². The number of carbonyl (C=O) groups excluding carboxylic acids is 1. The molecule has 68 valence electrons. The van der Waals surface area contributed by atoms with Crippen LogP contribution in [0, 0.1) is 0 Å². The zero-order valence-electron chi connectivity index (χ0n) is 6.30. The average Bonchev–Trinajstić information content (AvgIpc) is 2.30. The third-order valence-electron chi connectivity index (χ3n) is 1.90. The summed E-state index contributed by atoms with van der Waals surface area (Å²) in [6, 6.07) is 5.89. The molecule has 0 saturated heterocycles. The number of amides is 1. The van der Waals surface area contributed by atoms with Crippen molar-refractivity contribution in [3.8, 4) is 0 Å². The number of anilines is 1. The number of halogens is 3. The molecule has 0 spiro atoms. The molecule has 0 radical (unpaired) electrons. The molecule has 1 heterocycles. The molecule has 0 aliphatic carbocycles. The number of hydrogen-bond acceptors (Lipinski definition) is 1. The van der Waals surface area contributed by atoms with Crippen LogP contribution in [0.4, 0.5) is 14.5 Å². The van der Waals surface area contributed by atoms with Crippen LogP contribution < -0.4 is 3.11 Å². The van der Waals surface area contributed by atoms with Crippen LogP contribution in [0.15, 0.2) is 24.3 Å². The maximum absolute atomic E-state index is 13.2. The van der Waals surface area contributed by atoms with Crippen molar-refractivity contribution in [2.45, 2.75) is 5.92 Å². The van der Waals surface area contributed by atoms with Crippen molar-refractivity contribution in [2.24, 2.45) is 0 Å². The second-order valence-corrected chi connectivity index (χ2v) is 3.64. The fraction of sp³-hybridized carbons (Fsp3) is 0.125. The van der Waals surface area contributed by atoms with E-state index in [-0.39, 0.29) is 11.3 Å². The molecule has 0 N–H and O–H groups in total. The number of carbonyl (C=O) groups is 1. The molecule has 0 fully saturated rings. The SMILES string of the molecule is O=C1N(I)c2ccccc2C1(F)F. The molecule has 0 bridgehead atoms. The first kappa shape index (κ1) is 8.86. The Labute approximate surface area is 87.0 Å². The third-order valence-corrected chi connectivity index (χ3v) is 2.86. The monoisotopic (exact) mass is 295 g/mol. The number of rotatable bonds is 0. The lowest BCUT2D eigenvalue weighted by atomic mass is 10.1. The number of fused-ring (bicyclic) bond motifs is 1. The smallest absolute Gasteiger partial charge is 0.266 e. The topological polar surface area (TPSA) is 20.3 Å². The maximum Gasteiger partial charge on any atom is 0.353 e. The zero-order chi connectivity index (χ0) is 9.64. The van der Waals surface area contributed by atoms with Crippen molar-refractivity contribution in [1.82, 2.24) is 0 Å². The Morgan fingerprint density at radius 2 is 1.92 bits per heavy atom. The quantitative estimate of drug-likeness (QED) is 0.532. The van der Waals surface area contributed by atoms with E-state index in [9.17, 15) is 13.6 Å². The predicted octanol–water partition coefficient (Wildman–Crippen LogP) is 2.48. The molecule has 1 aliphatic heterocycles. The average molecular weight is 295 g/mol. The van der Waals surface area contributed by atoms with Crippen LogP contribution in [-0.4, -0.2) is 5.91 Å². The Balaban J connectivity index is 2.68. The van der Waals surface area contributed by atoms with Gasteiger partial charge in [0, 0.05) is 0 Å². The van der Waals surface area contributed by atoms with E-state index in [0.717, 1.165) is 3.11 Å². The Bertz CT molecular complexity index is 380. The number of para-hydroxylation sites is 1. The van der Waals surface area contributed by atoms with Gasteiger partial charge in [0.2, 0.25) is 0 Å². The zero-order valence-corrected chi connectivity index (χ0v) is 8.46. The first-order valence-electron chi connectivity index (χ1n) is 3.53. The second-order valence-electron chi connectivity index (χ2n) is 2.68. The molecule has 2 rings (SSSR count). The van der Waals surface area contributed by atoms with Gasteiger partial charge in [-0.1, -0.05) is 18.2 Å². The van der Waals surface area contributed by atoms with Crippen molar-refractivity contribution < 1.29 is 13.6 Å². The summed E-state index contributed by atoms with van der Waals surface area (Å²) in [4.78, 5) is 11.1. The summed E-state index contributed by atoms with van der Waals surface area (Å²) in [7, 11) is 0. The fourth-order valence-electron chi connectivity index (χ4n) is 1.26. The number of benzene rings is 1. The number of nitrogens with zero attached hydrogens (tertiary/aromatic N) is 1. The Morgan fingerprint density at radius 1 is 1.31 bits per heavy atom. The van der Waals surface area contributed by atoms with Crippen molar-refractivity contribution in [3.63, 3.8) is 0 Å². The fourth-order valence-corrected chi connectivity index (χ4v) is 1.98. The standard InChI is InChI=1S/C8H4F2INO/c9-8(10)5-3-1-2-4-6(5)12(11)7(8)13/h1-4H. The van der Waals surface area contributed by atoms with Crippen molar-refractivity contribution in [1.29, 1.82) is 0 Å². The molecule has 1 aromatic carbocycles. The normalized spacial score (nSPS) is 19.0. The second kappa shape index (κ2) is 2.63. The predicted molar refractivity (Wildman–Crippen MR) is 51.8 cm³/mol. The van der Waals surface area contributed by atoms with E-state index >= 15 is 0 Å². The van der Waals surface area contributed by atoms with Gasteiger partial charge >= 0.3 is 11.8 Å². The molecular formula is C8H4F2INO. The number of alkyl halides is 2. The Hall–Kier alpha value is -0.720. The highest BCUT2D eigenvalue weighted by Crippen LogP contribution is 2.45. The van der Waals surface area contributed by atoms with Crippen LogP contribution in [0.5, 0.6) is 0 Å². The summed E-state index contributed by atoms with van der Waals surface area (Å²) in [5.41, 5.74) is 0.0625.